The topological polar surface area (TPSA) is 118 Å². The zero-order chi connectivity index (χ0) is 18.9. The second-order valence-corrected chi connectivity index (χ2v) is 5.81. The van der Waals surface area contributed by atoms with Gasteiger partial charge in [0.2, 0.25) is 11.1 Å². The maximum Gasteiger partial charge on any atom is 0.321 e. The van der Waals surface area contributed by atoms with Crippen molar-refractivity contribution in [2.75, 3.05) is 26.5 Å². The molecule has 0 radical (unpaired) electrons. The number of benzene rings is 1. The molecule has 0 spiro atoms. The second-order valence-electron chi connectivity index (χ2n) is 4.87. The minimum absolute atomic E-state index is 0.00144. The lowest BCUT2D eigenvalue weighted by molar-refractivity contribution is -0.117. The molecule has 26 heavy (non-hydrogen) atoms. The molecule has 2 rings (SSSR count). The molecule has 0 aliphatic carbocycles. The second kappa shape index (κ2) is 9.47. The van der Waals surface area contributed by atoms with Crippen LogP contribution in [0.4, 0.5) is 4.79 Å². The number of thioether (sulfide) groups is 1. The number of imide groups is 1. The number of hydrogen-bond acceptors (Lipinski definition) is 7. The van der Waals surface area contributed by atoms with Crippen molar-refractivity contribution in [2.24, 2.45) is 0 Å². The van der Waals surface area contributed by atoms with Crippen LogP contribution in [0.2, 0.25) is 0 Å². The number of nitrogens with zero attached hydrogens (tertiary/aromatic N) is 2. The molecule has 0 saturated carbocycles. The Morgan fingerprint density at radius 1 is 1.35 bits per heavy atom. The monoisotopic (exact) mass is 377 g/mol. The number of methoxy groups -OCH3 is 2. The van der Waals surface area contributed by atoms with Crippen molar-refractivity contribution in [3.05, 3.63) is 30.9 Å². The summed E-state index contributed by atoms with van der Waals surface area (Å²) in [5.74, 6) is 1.28. The molecule has 1 heterocycles. The summed E-state index contributed by atoms with van der Waals surface area (Å²) >= 11 is 1.10. The van der Waals surface area contributed by atoms with E-state index in [0.717, 1.165) is 11.8 Å². The third kappa shape index (κ3) is 5.24. The van der Waals surface area contributed by atoms with Crippen LogP contribution in [-0.4, -0.2) is 53.6 Å². The lowest BCUT2D eigenvalue weighted by Crippen LogP contribution is -2.40. The van der Waals surface area contributed by atoms with Crippen LogP contribution in [-0.2, 0) is 4.79 Å². The molecule has 0 aliphatic rings. The van der Waals surface area contributed by atoms with Gasteiger partial charge in [-0.25, -0.2) is 9.78 Å². The van der Waals surface area contributed by atoms with Gasteiger partial charge < -0.3 is 14.8 Å². The number of rotatable bonds is 8. The van der Waals surface area contributed by atoms with E-state index in [9.17, 15) is 9.59 Å². The first-order chi connectivity index (χ1) is 12.6. The third-order valence-corrected chi connectivity index (χ3v) is 3.97. The molecule has 0 atom stereocenters. The maximum absolute atomic E-state index is 11.7. The number of amides is 3. The Morgan fingerprint density at radius 2 is 2.15 bits per heavy atom. The van der Waals surface area contributed by atoms with E-state index in [1.807, 2.05) is 0 Å². The van der Waals surface area contributed by atoms with Gasteiger partial charge in [0.25, 0.3) is 0 Å². The maximum atomic E-state index is 11.7. The summed E-state index contributed by atoms with van der Waals surface area (Å²) in [5, 5.41) is 11.9. The van der Waals surface area contributed by atoms with Crippen molar-refractivity contribution in [3.8, 4) is 22.9 Å². The fraction of sp³-hybridized carbons (Fsp3) is 0.250. The van der Waals surface area contributed by atoms with Crippen LogP contribution in [0.3, 0.4) is 0 Å². The van der Waals surface area contributed by atoms with Crippen molar-refractivity contribution >= 4 is 23.7 Å². The van der Waals surface area contributed by atoms with Gasteiger partial charge in [0.1, 0.15) is 11.5 Å². The van der Waals surface area contributed by atoms with E-state index in [1.165, 1.54) is 6.08 Å². The van der Waals surface area contributed by atoms with Crippen molar-refractivity contribution in [1.82, 2.24) is 25.8 Å². The number of aromatic nitrogens is 3. The Bertz CT molecular complexity index is 793. The minimum Gasteiger partial charge on any atom is -0.497 e. The number of ether oxygens (including phenoxy) is 2. The Morgan fingerprint density at radius 3 is 2.85 bits per heavy atom. The smallest absolute Gasteiger partial charge is 0.321 e. The van der Waals surface area contributed by atoms with E-state index in [4.69, 9.17) is 9.47 Å². The summed E-state index contributed by atoms with van der Waals surface area (Å²) in [6.45, 7) is 3.75. The molecule has 0 fully saturated rings. The van der Waals surface area contributed by atoms with E-state index in [-0.39, 0.29) is 12.3 Å². The van der Waals surface area contributed by atoms with Crippen molar-refractivity contribution in [2.45, 2.75) is 5.16 Å². The summed E-state index contributed by atoms with van der Waals surface area (Å²) in [6, 6.07) is 4.74. The molecular weight excluding hydrogens is 358 g/mol. The van der Waals surface area contributed by atoms with Gasteiger partial charge in [-0.1, -0.05) is 17.8 Å². The highest BCUT2D eigenvalue weighted by Crippen LogP contribution is 2.31. The molecule has 1 aromatic carbocycles. The first-order valence-electron chi connectivity index (χ1n) is 7.53. The summed E-state index contributed by atoms with van der Waals surface area (Å²) < 4.78 is 10.5. The van der Waals surface area contributed by atoms with Gasteiger partial charge in [0.15, 0.2) is 5.82 Å². The molecule has 1 aromatic heterocycles. The summed E-state index contributed by atoms with van der Waals surface area (Å²) in [4.78, 5) is 27.4. The zero-order valence-electron chi connectivity index (χ0n) is 14.4. The van der Waals surface area contributed by atoms with E-state index in [0.29, 0.717) is 28.0 Å². The standard InChI is InChI=1S/C16H19N5O4S/c1-4-7-17-15(23)18-13(22)9-26-16-19-14(20-21-16)11-6-5-10(24-2)8-12(11)25-3/h4-6,8H,1,7,9H2,2-3H3,(H,19,20,21)(H2,17,18,22,23). The van der Waals surface area contributed by atoms with Gasteiger partial charge in [-0.15, -0.1) is 11.7 Å². The average Bonchev–Trinajstić information content (AvgIpc) is 3.12. The number of urea groups is 1. The molecule has 3 amide bonds. The van der Waals surface area contributed by atoms with E-state index in [2.05, 4.69) is 32.4 Å². The number of nitrogens with one attached hydrogen (secondary N) is 3. The van der Waals surface area contributed by atoms with Crippen LogP contribution in [0.15, 0.2) is 36.0 Å². The van der Waals surface area contributed by atoms with Gasteiger partial charge in [0.05, 0.1) is 25.5 Å². The summed E-state index contributed by atoms with van der Waals surface area (Å²) in [6.07, 6.45) is 1.52. The molecule has 0 aliphatic heterocycles. The summed E-state index contributed by atoms with van der Waals surface area (Å²) in [5.41, 5.74) is 0.709. The quantitative estimate of drug-likeness (QED) is 0.472. The van der Waals surface area contributed by atoms with Crippen LogP contribution >= 0.6 is 11.8 Å². The van der Waals surface area contributed by atoms with Gasteiger partial charge in [-0.05, 0) is 12.1 Å². The SMILES string of the molecule is C=CCNC(=O)NC(=O)CSc1n[nH]c(-c2ccc(OC)cc2OC)n1. The molecule has 0 bridgehead atoms. The minimum atomic E-state index is -0.575. The molecule has 0 saturated heterocycles. The van der Waals surface area contributed by atoms with E-state index >= 15 is 0 Å². The molecule has 2 aromatic rings. The highest BCUT2D eigenvalue weighted by Gasteiger charge is 2.14. The van der Waals surface area contributed by atoms with E-state index in [1.54, 1.807) is 32.4 Å². The van der Waals surface area contributed by atoms with Crippen LogP contribution in [0.25, 0.3) is 11.4 Å². The van der Waals surface area contributed by atoms with Crippen LogP contribution in [0, 0.1) is 0 Å². The number of carbonyl (C=O) groups excluding carboxylic acids is 2. The van der Waals surface area contributed by atoms with Crippen LogP contribution in [0.5, 0.6) is 11.5 Å². The Balaban J connectivity index is 1.97. The van der Waals surface area contributed by atoms with Crippen LogP contribution in [0.1, 0.15) is 0 Å². The highest BCUT2D eigenvalue weighted by atomic mass is 32.2. The molecule has 9 nitrogen and oxygen atoms in total. The van der Waals surface area contributed by atoms with Gasteiger partial charge >= 0.3 is 6.03 Å². The number of H-pyrrole nitrogens is 1. The molecular formula is C16H19N5O4S. The number of carbonyl (C=O) groups is 2. The molecule has 0 unspecified atom stereocenters. The van der Waals surface area contributed by atoms with Crippen molar-refractivity contribution < 1.29 is 19.1 Å². The normalized spacial score (nSPS) is 10.1. The van der Waals surface area contributed by atoms with E-state index < -0.39 is 11.9 Å². The fourth-order valence-electron chi connectivity index (χ4n) is 1.93. The predicted molar refractivity (Wildman–Crippen MR) is 97.4 cm³/mol. The number of hydrogen-bond donors (Lipinski definition) is 3. The van der Waals surface area contributed by atoms with Crippen LogP contribution < -0.4 is 20.1 Å². The van der Waals surface area contributed by atoms with Gasteiger partial charge in [0, 0.05) is 12.6 Å². The Hall–Kier alpha value is -3.01. The highest BCUT2D eigenvalue weighted by molar-refractivity contribution is 7.99. The fourth-order valence-corrected chi connectivity index (χ4v) is 2.53. The molecule has 10 heteroatoms. The summed E-state index contributed by atoms with van der Waals surface area (Å²) in [7, 11) is 3.12. The lowest BCUT2D eigenvalue weighted by atomic mass is 10.2. The first kappa shape index (κ1) is 19.3. The predicted octanol–water partition coefficient (Wildman–Crippen LogP) is 1.59. The van der Waals surface area contributed by atoms with Gasteiger partial charge in [-0.3, -0.25) is 15.2 Å². The van der Waals surface area contributed by atoms with Crippen molar-refractivity contribution in [3.63, 3.8) is 0 Å². The third-order valence-electron chi connectivity index (χ3n) is 3.12. The largest absolute Gasteiger partial charge is 0.497 e. The zero-order valence-corrected chi connectivity index (χ0v) is 15.2. The lowest BCUT2D eigenvalue weighted by Gasteiger charge is -2.07. The van der Waals surface area contributed by atoms with Crippen molar-refractivity contribution in [1.29, 1.82) is 0 Å². The Labute approximate surface area is 154 Å². The average molecular weight is 377 g/mol. The number of aromatic amines is 1. The first-order valence-corrected chi connectivity index (χ1v) is 8.52. The molecule has 3 N–H and O–H groups in total. The Kier molecular flexibility index (Phi) is 7.03. The van der Waals surface area contributed by atoms with Gasteiger partial charge in [-0.2, -0.15) is 0 Å². The molecule has 138 valence electrons.